The Labute approximate surface area is 441 Å². The summed E-state index contributed by atoms with van der Waals surface area (Å²) in [5.74, 6) is -5.51. The number of rotatable bonds is 17. The topological polar surface area (TPSA) is 280 Å². The van der Waals surface area contributed by atoms with Gasteiger partial charge in [0.05, 0.1) is 30.7 Å². The average Bonchev–Trinajstić information content (AvgIpc) is 4.22. The van der Waals surface area contributed by atoms with Crippen molar-refractivity contribution in [2.24, 2.45) is 5.41 Å². The molecule has 2 aliphatic heterocycles. The Balaban J connectivity index is 0.967. The van der Waals surface area contributed by atoms with Crippen LogP contribution in [0.1, 0.15) is 81.8 Å². The van der Waals surface area contributed by atoms with E-state index < -0.39 is 126 Å². The summed E-state index contributed by atoms with van der Waals surface area (Å²) in [6.07, 6.45) is -4.94. The number of likely N-dealkylation sites (tertiary alicyclic amines) is 2. The predicted molar refractivity (Wildman–Crippen MR) is 281 cm³/mol. The summed E-state index contributed by atoms with van der Waals surface area (Å²) in [6.45, 7) is 7.67. The van der Waals surface area contributed by atoms with Crippen molar-refractivity contribution in [3.05, 3.63) is 119 Å². The molecule has 2 heterocycles. The molecule has 0 bridgehead atoms. The Hall–Kier alpha value is -7.52. The molecule has 2 saturated heterocycles. The second-order valence-electron chi connectivity index (χ2n) is 21.1. The summed E-state index contributed by atoms with van der Waals surface area (Å²) in [5, 5.41) is 45.0. The van der Waals surface area contributed by atoms with Crippen molar-refractivity contribution in [3.63, 3.8) is 0 Å². The molecule has 0 aromatic heterocycles. The van der Waals surface area contributed by atoms with Crippen LogP contribution in [-0.2, 0) is 38.4 Å². The summed E-state index contributed by atoms with van der Waals surface area (Å²) in [7, 11) is 3.20. The lowest BCUT2D eigenvalue weighted by atomic mass is 9.85. The van der Waals surface area contributed by atoms with E-state index in [9.17, 15) is 48.6 Å². The molecule has 20 nitrogen and oxygen atoms in total. The van der Waals surface area contributed by atoms with E-state index in [1.807, 2.05) is 97.1 Å². The maximum absolute atomic E-state index is 14.7. The van der Waals surface area contributed by atoms with Crippen LogP contribution < -0.4 is 42.5 Å². The SMILES string of the molecule is CNC(C)C(=O)NCC(=O)N1CC(NC(=O)C(O)C(O)C(=O)NC2CC(C(=O)NC3c4ccccc4-c4ccccc43)N(C(=O)C(NC(=O)C(C)NC)C(C)(C)C)C2)CC1C(=O)NC1c2ccccc2-c2ccccc21. The molecule has 4 aliphatic rings. The Morgan fingerprint density at radius 1 is 0.539 bits per heavy atom. The summed E-state index contributed by atoms with van der Waals surface area (Å²) >= 11 is 0. The van der Waals surface area contributed by atoms with Crippen molar-refractivity contribution in [1.29, 1.82) is 0 Å². The highest BCUT2D eigenvalue weighted by Gasteiger charge is 2.48. The number of amides is 8. The molecule has 8 amide bonds. The highest BCUT2D eigenvalue weighted by atomic mass is 16.3. The summed E-state index contributed by atoms with van der Waals surface area (Å²) in [6, 6.07) is 22.8. The highest BCUT2D eigenvalue weighted by Crippen LogP contribution is 2.44. The Morgan fingerprint density at radius 2 is 0.908 bits per heavy atom. The molecule has 10 N–H and O–H groups in total. The van der Waals surface area contributed by atoms with E-state index in [0.29, 0.717) is 0 Å². The number of fused-ring (bicyclic) bond motifs is 6. The largest absolute Gasteiger partial charge is 0.380 e. The second-order valence-corrected chi connectivity index (χ2v) is 21.1. The molecule has 0 radical (unpaired) electrons. The quantitative estimate of drug-likeness (QED) is 0.0694. The number of carbonyl (C=O) groups is 8. The predicted octanol–water partition coefficient (Wildman–Crippen LogP) is 0.515. The molecule has 0 spiro atoms. The number of hydrogen-bond acceptors (Lipinski definition) is 12. The van der Waals surface area contributed by atoms with Crippen LogP contribution in [0.25, 0.3) is 22.3 Å². The van der Waals surface area contributed by atoms with Gasteiger partial charge in [-0.25, -0.2) is 0 Å². The number of aliphatic hydroxyl groups is 2. The van der Waals surface area contributed by atoms with Crippen molar-refractivity contribution < 1.29 is 48.6 Å². The van der Waals surface area contributed by atoms with E-state index >= 15 is 0 Å². The maximum Gasteiger partial charge on any atom is 0.252 e. The third kappa shape index (κ3) is 11.2. The molecule has 4 aromatic rings. The van der Waals surface area contributed by atoms with Gasteiger partial charge in [0.2, 0.25) is 35.4 Å². The van der Waals surface area contributed by atoms with Gasteiger partial charge in [-0.1, -0.05) is 118 Å². The lowest BCUT2D eigenvalue weighted by molar-refractivity contribution is -0.147. The molecule has 76 heavy (non-hydrogen) atoms. The number of benzene rings is 4. The second kappa shape index (κ2) is 22.8. The van der Waals surface area contributed by atoms with Gasteiger partial charge < -0.3 is 62.5 Å². The third-order valence-electron chi connectivity index (χ3n) is 15.0. The first-order chi connectivity index (χ1) is 36.2. The molecule has 20 heteroatoms. The van der Waals surface area contributed by atoms with Crippen LogP contribution in [0.15, 0.2) is 97.1 Å². The Bertz CT molecular complexity index is 2820. The molecule has 9 atom stereocenters. The minimum atomic E-state index is -2.35. The van der Waals surface area contributed by atoms with Crippen molar-refractivity contribution in [1.82, 2.24) is 52.3 Å². The normalized spacial score (nSPS) is 20.6. The molecular weight excluding hydrogens is 973 g/mol. The zero-order valence-electron chi connectivity index (χ0n) is 43.7. The number of likely N-dealkylation sites (N-methyl/N-ethyl adjacent to an activating group) is 2. The van der Waals surface area contributed by atoms with Gasteiger partial charge in [0, 0.05) is 25.2 Å². The first-order valence-electron chi connectivity index (χ1n) is 25.7. The minimum absolute atomic E-state index is 0.119. The lowest BCUT2D eigenvalue weighted by Gasteiger charge is -2.36. The molecule has 4 aromatic carbocycles. The average molecular weight is 1040 g/mol. The molecule has 0 saturated carbocycles. The molecule has 2 fully saturated rings. The number of nitrogens with zero attached hydrogens (tertiary/aromatic N) is 2. The van der Waals surface area contributed by atoms with Crippen LogP contribution in [0.4, 0.5) is 0 Å². The molecular formula is C56H68N10O10. The number of hydrogen-bond donors (Lipinski definition) is 10. The first kappa shape index (κ1) is 54.7. The van der Waals surface area contributed by atoms with E-state index in [0.717, 1.165) is 44.5 Å². The molecule has 2 aliphatic carbocycles. The zero-order chi connectivity index (χ0) is 54.7. The van der Waals surface area contributed by atoms with Crippen LogP contribution in [0.5, 0.6) is 0 Å². The van der Waals surface area contributed by atoms with E-state index in [1.54, 1.807) is 48.7 Å². The van der Waals surface area contributed by atoms with Gasteiger partial charge in [-0.2, -0.15) is 0 Å². The van der Waals surface area contributed by atoms with Gasteiger partial charge in [-0.05, 0) is 90.7 Å². The fourth-order valence-electron chi connectivity index (χ4n) is 10.6. The van der Waals surface area contributed by atoms with Crippen LogP contribution in [0.3, 0.4) is 0 Å². The van der Waals surface area contributed by atoms with Crippen LogP contribution in [0, 0.1) is 5.41 Å². The van der Waals surface area contributed by atoms with Crippen LogP contribution >= 0.6 is 0 Å². The maximum atomic E-state index is 14.7. The third-order valence-corrected chi connectivity index (χ3v) is 15.0. The Kier molecular flexibility index (Phi) is 16.4. The fraction of sp³-hybridized carbons (Fsp3) is 0.429. The fourth-order valence-corrected chi connectivity index (χ4v) is 10.6. The first-order valence-corrected chi connectivity index (χ1v) is 25.7. The lowest BCUT2D eigenvalue weighted by Crippen LogP contribution is -2.59. The molecule has 402 valence electrons. The van der Waals surface area contributed by atoms with Crippen molar-refractivity contribution >= 4 is 47.3 Å². The smallest absolute Gasteiger partial charge is 0.252 e. The Morgan fingerprint density at radius 3 is 1.30 bits per heavy atom. The highest BCUT2D eigenvalue weighted by molar-refractivity contribution is 5.97. The summed E-state index contributed by atoms with van der Waals surface area (Å²) in [4.78, 5) is 113. The van der Waals surface area contributed by atoms with Gasteiger partial charge in [0.1, 0.15) is 18.1 Å². The summed E-state index contributed by atoms with van der Waals surface area (Å²) in [5.41, 5.74) is 6.36. The number of carbonyl (C=O) groups excluding carboxylic acids is 8. The van der Waals surface area contributed by atoms with Gasteiger partial charge in [0.15, 0.2) is 12.2 Å². The summed E-state index contributed by atoms with van der Waals surface area (Å²) < 4.78 is 0. The van der Waals surface area contributed by atoms with Crippen molar-refractivity contribution in [2.45, 2.75) is 114 Å². The monoisotopic (exact) mass is 1040 g/mol. The van der Waals surface area contributed by atoms with Crippen LogP contribution in [-0.4, -0.2) is 156 Å². The van der Waals surface area contributed by atoms with Crippen molar-refractivity contribution in [2.75, 3.05) is 33.7 Å². The number of nitrogens with one attached hydrogen (secondary N) is 8. The van der Waals surface area contributed by atoms with E-state index in [4.69, 9.17) is 0 Å². The van der Waals surface area contributed by atoms with Crippen LogP contribution in [0.2, 0.25) is 0 Å². The van der Waals surface area contributed by atoms with E-state index in [1.165, 1.54) is 9.80 Å². The van der Waals surface area contributed by atoms with Gasteiger partial charge in [0.25, 0.3) is 11.8 Å². The van der Waals surface area contributed by atoms with Crippen molar-refractivity contribution in [3.8, 4) is 22.3 Å². The zero-order valence-corrected chi connectivity index (χ0v) is 43.7. The molecule has 8 rings (SSSR count). The standard InChI is InChI=1S/C56H68N10O10/c1-29(57-6)49(70)59-26-43(67)65-27-31(24-41(65)51(72)62-44-37-20-12-8-16-33(37)34-17-9-13-21-38(34)44)60-53(74)46(68)47(69)54(75)61-32-25-42(66(28-32)55(76)48(56(3,4)5)64-50(71)30(2)58-7)52(73)63-45-39-22-14-10-18-35(39)36-19-11-15-23-40(36)45/h8-23,29-32,41-42,44-48,57-58,68-69H,24-28H2,1-7H3,(H,59,70)(H,60,74)(H,61,75)(H,62,72)(H,63,73)(H,64,71). The van der Waals surface area contributed by atoms with E-state index in [-0.39, 0.29) is 25.9 Å². The van der Waals surface area contributed by atoms with Gasteiger partial charge >= 0.3 is 0 Å². The van der Waals surface area contributed by atoms with Gasteiger partial charge in [-0.15, -0.1) is 0 Å². The molecule has 9 unspecified atom stereocenters. The minimum Gasteiger partial charge on any atom is -0.380 e. The van der Waals surface area contributed by atoms with E-state index in [2.05, 4.69) is 42.5 Å². The number of aliphatic hydroxyl groups excluding tert-OH is 2. The van der Waals surface area contributed by atoms with Gasteiger partial charge in [-0.3, -0.25) is 38.4 Å².